The summed E-state index contributed by atoms with van der Waals surface area (Å²) in [5.41, 5.74) is 7.09. The first-order valence-electron chi connectivity index (χ1n) is 11.4. The second kappa shape index (κ2) is 8.73. The van der Waals surface area contributed by atoms with Crippen LogP contribution in [0.4, 0.5) is 5.13 Å². The number of aliphatic hydroxyl groups is 1. The SMILES string of the molecule is C[C@H](C(=O)NCC[NH+]1CCOCC1)[C@@H]1CC[C@@]2(C)Cc3sc(N)nc3[C@@H](C)[C@@H]2[C@H]1O. The van der Waals surface area contributed by atoms with Crippen molar-refractivity contribution in [2.45, 2.75) is 52.1 Å². The molecule has 8 heteroatoms. The van der Waals surface area contributed by atoms with Crippen molar-refractivity contribution in [1.29, 1.82) is 0 Å². The molecular formula is C22H37N4O3S+. The maximum atomic E-state index is 12.9. The maximum Gasteiger partial charge on any atom is 0.223 e. The molecule has 0 spiro atoms. The Bertz CT molecular complexity index is 766. The van der Waals surface area contributed by atoms with E-state index in [1.165, 1.54) is 9.78 Å². The molecular weight excluding hydrogens is 400 g/mol. The predicted molar refractivity (Wildman–Crippen MR) is 118 cm³/mol. The number of nitrogens with one attached hydrogen (secondary N) is 2. The molecule has 6 atom stereocenters. The molecule has 1 aliphatic heterocycles. The molecule has 2 aliphatic carbocycles. The summed E-state index contributed by atoms with van der Waals surface area (Å²) in [5.74, 6) is 0.123. The fourth-order valence-electron chi connectivity index (χ4n) is 6.19. The summed E-state index contributed by atoms with van der Waals surface area (Å²) in [7, 11) is 0. The molecule has 0 aromatic carbocycles. The van der Waals surface area contributed by atoms with Gasteiger partial charge in [-0.15, -0.1) is 11.3 Å². The fraction of sp³-hybridized carbons (Fsp3) is 0.818. The van der Waals surface area contributed by atoms with E-state index in [1.54, 1.807) is 11.3 Å². The minimum Gasteiger partial charge on any atom is -0.392 e. The zero-order valence-electron chi connectivity index (χ0n) is 18.4. The zero-order valence-corrected chi connectivity index (χ0v) is 19.3. The Labute approximate surface area is 183 Å². The average Bonchev–Trinajstić information content (AvgIpc) is 3.08. The van der Waals surface area contributed by atoms with Crippen molar-refractivity contribution in [3.63, 3.8) is 0 Å². The molecule has 0 bridgehead atoms. The van der Waals surface area contributed by atoms with Gasteiger partial charge in [-0.3, -0.25) is 4.79 Å². The molecule has 4 rings (SSSR count). The Kier molecular flexibility index (Phi) is 6.40. The van der Waals surface area contributed by atoms with E-state index in [-0.39, 0.29) is 35.0 Å². The third kappa shape index (κ3) is 4.11. The number of aliphatic hydroxyl groups excluding tert-OH is 1. The highest BCUT2D eigenvalue weighted by Crippen LogP contribution is 2.57. The number of rotatable bonds is 5. The van der Waals surface area contributed by atoms with Crippen LogP contribution in [0.25, 0.3) is 0 Å². The number of hydrogen-bond acceptors (Lipinski definition) is 6. The lowest BCUT2D eigenvalue weighted by Gasteiger charge is -2.53. The van der Waals surface area contributed by atoms with E-state index in [2.05, 4.69) is 24.1 Å². The smallest absolute Gasteiger partial charge is 0.223 e. The van der Waals surface area contributed by atoms with E-state index in [9.17, 15) is 9.90 Å². The number of nitrogens with two attached hydrogens (primary N) is 1. The molecule has 7 nitrogen and oxygen atoms in total. The molecule has 1 saturated heterocycles. The number of fused-ring (bicyclic) bond motifs is 2. The first kappa shape index (κ1) is 22.0. The van der Waals surface area contributed by atoms with Gasteiger partial charge in [-0.2, -0.15) is 0 Å². The third-order valence-electron chi connectivity index (χ3n) is 7.97. The summed E-state index contributed by atoms with van der Waals surface area (Å²) < 4.78 is 5.39. The number of aromatic nitrogens is 1. The molecule has 1 aromatic heterocycles. The van der Waals surface area contributed by atoms with E-state index < -0.39 is 6.10 Å². The van der Waals surface area contributed by atoms with Gasteiger partial charge in [0.25, 0.3) is 0 Å². The Balaban J connectivity index is 1.39. The Morgan fingerprint density at radius 3 is 2.93 bits per heavy atom. The zero-order chi connectivity index (χ0) is 21.5. The molecule has 1 amide bonds. The van der Waals surface area contributed by atoms with Crippen molar-refractivity contribution >= 4 is 22.4 Å². The average molecular weight is 438 g/mol. The highest BCUT2D eigenvalue weighted by Gasteiger charge is 2.53. The molecule has 2 fully saturated rings. The van der Waals surface area contributed by atoms with Gasteiger partial charge in [0.2, 0.25) is 5.91 Å². The van der Waals surface area contributed by atoms with Crippen molar-refractivity contribution in [3.8, 4) is 0 Å². The van der Waals surface area contributed by atoms with Crippen LogP contribution >= 0.6 is 11.3 Å². The quantitative estimate of drug-likeness (QED) is 0.536. The molecule has 2 heterocycles. The van der Waals surface area contributed by atoms with Crippen LogP contribution in [0.15, 0.2) is 0 Å². The lowest BCUT2D eigenvalue weighted by molar-refractivity contribution is -0.906. The fourth-order valence-corrected chi connectivity index (χ4v) is 7.33. The molecule has 1 aromatic rings. The van der Waals surface area contributed by atoms with Gasteiger partial charge in [-0.05, 0) is 36.5 Å². The van der Waals surface area contributed by atoms with Crippen molar-refractivity contribution in [2.24, 2.45) is 23.2 Å². The predicted octanol–water partition coefficient (Wildman–Crippen LogP) is 0.446. The summed E-state index contributed by atoms with van der Waals surface area (Å²) >= 11 is 1.59. The van der Waals surface area contributed by atoms with Crippen LogP contribution in [0, 0.1) is 23.2 Å². The maximum absolute atomic E-state index is 12.9. The number of carbonyl (C=O) groups is 1. The number of carbonyl (C=O) groups excluding carboxylic acids is 1. The minimum absolute atomic E-state index is 0.0150. The van der Waals surface area contributed by atoms with Gasteiger partial charge >= 0.3 is 0 Å². The number of morpholine rings is 1. The molecule has 5 N–H and O–H groups in total. The summed E-state index contributed by atoms with van der Waals surface area (Å²) in [6.07, 6.45) is 2.34. The number of thiazole rings is 1. The normalized spacial score (nSPS) is 35.3. The van der Waals surface area contributed by atoms with Crippen LogP contribution in [-0.2, 0) is 16.0 Å². The van der Waals surface area contributed by atoms with Gasteiger partial charge in [0, 0.05) is 16.7 Å². The molecule has 3 aliphatic rings. The first-order valence-corrected chi connectivity index (χ1v) is 12.2. The summed E-state index contributed by atoms with van der Waals surface area (Å²) in [6, 6.07) is 0. The highest BCUT2D eigenvalue weighted by atomic mass is 32.1. The summed E-state index contributed by atoms with van der Waals surface area (Å²) in [4.78, 5) is 20.2. The van der Waals surface area contributed by atoms with Crippen molar-refractivity contribution in [2.75, 3.05) is 45.1 Å². The van der Waals surface area contributed by atoms with Crippen molar-refractivity contribution in [3.05, 3.63) is 10.6 Å². The number of anilines is 1. The van der Waals surface area contributed by atoms with Gasteiger partial charge in [-0.1, -0.05) is 20.8 Å². The number of quaternary nitrogens is 1. The van der Waals surface area contributed by atoms with Crippen LogP contribution in [0.2, 0.25) is 0 Å². The number of ether oxygens (including phenoxy) is 1. The first-order chi connectivity index (χ1) is 14.3. The number of hydrogen-bond donors (Lipinski definition) is 4. The van der Waals surface area contributed by atoms with Crippen LogP contribution in [0.3, 0.4) is 0 Å². The monoisotopic (exact) mass is 437 g/mol. The molecule has 30 heavy (non-hydrogen) atoms. The van der Waals surface area contributed by atoms with E-state index in [0.717, 1.165) is 57.8 Å². The Morgan fingerprint density at radius 1 is 1.47 bits per heavy atom. The Morgan fingerprint density at radius 2 is 2.20 bits per heavy atom. The lowest BCUT2D eigenvalue weighted by Crippen LogP contribution is -3.14. The summed E-state index contributed by atoms with van der Waals surface area (Å²) in [5, 5.41) is 15.2. The van der Waals surface area contributed by atoms with E-state index in [1.807, 2.05) is 6.92 Å². The van der Waals surface area contributed by atoms with E-state index >= 15 is 0 Å². The van der Waals surface area contributed by atoms with Crippen LogP contribution in [-0.4, -0.2) is 61.5 Å². The van der Waals surface area contributed by atoms with Crippen LogP contribution < -0.4 is 16.0 Å². The topological polar surface area (TPSA) is 102 Å². The second-order valence-corrected chi connectivity index (χ2v) is 11.0. The Hall–Kier alpha value is -1.22. The second-order valence-electron chi connectivity index (χ2n) is 9.89. The standard InChI is InChI=1S/C22H36N4O3S/c1-13(20(28)24-6-7-26-8-10-29-11-9-26)15-4-5-22(3)12-16-18(25-21(23)30-16)14(2)17(22)19(15)27/h13-15,17,19,27H,4-12H2,1-3H3,(H2,23,25)(H,24,28)/p+1/t13-,14-,15-,17+,19-,22-/m0/s1. The third-order valence-corrected chi connectivity index (χ3v) is 8.87. The number of nitrogens with zero attached hydrogens (tertiary/aromatic N) is 1. The van der Waals surface area contributed by atoms with Crippen molar-refractivity contribution in [1.82, 2.24) is 10.3 Å². The summed E-state index contributed by atoms with van der Waals surface area (Å²) in [6.45, 7) is 11.7. The van der Waals surface area contributed by atoms with Gasteiger partial charge in [0.1, 0.15) is 13.1 Å². The minimum atomic E-state index is -0.500. The van der Waals surface area contributed by atoms with Gasteiger partial charge in [0.15, 0.2) is 5.13 Å². The largest absolute Gasteiger partial charge is 0.392 e. The van der Waals surface area contributed by atoms with Gasteiger partial charge < -0.3 is 25.8 Å². The number of nitrogen functional groups attached to an aromatic ring is 1. The van der Waals surface area contributed by atoms with Crippen LogP contribution in [0.5, 0.6) is 0 Å². The molecule has 0 unspecified atom stereocenters. The highest BCUT2D eigenvalue weighted by molar-refractivity contribution is 7.15. The molecule has 1 saturated carbocycles. The van der Waals surface area contributed by atoms with Gasteiger partial charge in [-0.25, -0.2) is 4.98 Å². The molecule has 168 valence electrons. The van der Waals surface area contributed by atoms with Crippen molar-refractivity contribution < 1.29 is 19.5 Å². The van der Waals surface area contributed by atoms with Crippen LogP contribution in [0.1, 0.15) is 50.1 Å². The van der Waals surface area contributed by atoms with E-state index in [4.69, 9.17) is 10.5 Å². The lowest BCUT2D eigenvalue weighted by atomic mass is 9.53. The number of amides is 1. The van der Waals surface area contributed by atoms with E-state index in [0.29, 0.717) is 11.7 Å². The van der Waals surface area contributed by atoms with Gasteiger partial charge in [0.05, 0.1) is 38.1 Å². The molecule has 0 radical (unpaired) electrons.